The third-order valence-electron chi connectivity index (χ3n) is 4.62. The Morgan fingerprint density at radius 1 is 1.24 bits per heavy atom. The molecule has 0 amide bonds. The van der Waals surface area contributed by atoms with Crippen LogP contribution in [0.2, 0.25) is 0 Å². The van der Waals surface area contributed by atoms with Gasteiger partial charge < -0.3 is 19.7 Å². The molecule has 2 N–H and O–H groups in total. The van der Waals surface area contributed by atoms with Crippen LogP contribution in [0.4, 0.5) is 4.39 Å². The summed E-state index contributed by atoms with van der Waals surface area (Å²) >= 11 is 0. The second-order valence-electron chi connectivity index (χ2n) is 6.77. The van der Waals surface area contributed by atoms with Gasteiger partial charge in [-0.1, -0.05) is 12.1 Å². The molecule has 1 atom stereocenters. The minimum absolute atomic E-state index is 0.0236. The van der Waals surface area contributed by atoms with Crippen molar-refractivity contribution in [2.75, 3.05) is 19.7 Å². The minimum Gasteiger partial charge on any atom is -0.488 e. The second kappa shape index (κ2) is 9.01. The van der Waals surface area contributed by atoms with Gasteiger partial charge in [-0.25, -0.2) is 14.2 Å². The van der Waals surface area contributed by atoms with Crippen LogP contribution in [0.3, 0.4) is 0 Å². The summed E-state index contributed by atoms with van der Waals surface area (Å²) in [6, 6.07) is 6.03. The number of nitrogens with one attached hydrogen (secondary N) is 1. The number of para-hydroxylation sites is 1. The normalized spacial score (nSPS) is 12.4. The van der Waals surface area contributed by atoms with Crippen LogP contribution in [-0.4, -0.2) is 49.6 Å². The average molecular weight is 405 g/mol. The molecular weight excluding hydrogens is 381 g/mol. The van der Waals surface area contributed by atoms with Crippen molar-refractivity contribution in [1.82, 2.24) is 24.0 Å². The van der Waals surface area contributed by atoms with E-state index in [0.717, 1.165) is 4.57 Å². The first kappa shape index (κ1) is 20.7. The smallest absolute Gasteiger partial charge is 0.332 e. The number of benzene rings is 1. The summed E-state index contributed by atoms with van der Waals surface area (Å²) in [6.07, 6.45) is 1.44. The van der Waals surface area contributed by atoms with Gasteiger partial charge in [-0.15, -0.1) is 0 Å². The highest BCUT2D eigenvalue weighted by Crippen LogP contribution is 2.15. The van der Waals surface area contributed by atoms with Gasteiger partial charge in [0.1, 0.15) is 12.7 Å². The third kappa shape index (κ3) is 4.54. The van der Waals surface area contributed by atoms with E-state index in [2.05, 4.69) is 10.3 Å². The van der Waals surface area contributed by atoms with Gasteiger partial charge in [0, 0.05) is 27.2 Å². The topological polar surface area (TPSA) is 103 Å². The Morgan fingerprint density at radius 2 is 2.00 bits per heavy atom. The maximum atomic E-state index is 13.5. The van der Waals surface area contributed by atoms with Crippen LogP contribution in [-0.2, 0) is 20.6 Å². The molecule has 2 aromatic heterocycles. The van der Waals surface area contributed by atoms with Crippen molar-refractivity contribution in [2.24, 2.45) is 14.1 Å². The fourth-order valence-corrected chi connectivity index (χ4v) is 3.02. The number of imidazole rings is 1. The van der Waals surface area contributed by atoms with Crippen molar-refractivity contribution in [2.45, 2.75) is 19.1 Å². The standard InChI is InChI=1S/C19H24FN5O4/c1-23-17-16(18(27)24(2)19(23)28)25(12-22-17)9-5-8-21-10-13(26)11-29-15-7-4-3-6-14(15)20/h3-4,6-7,12-13,21,26H,5,8-11H2,1-2H3. The van der Waals surface area contributed by atoms with Gasteiger partial charge in [0.05, 0.1) is 6.33 Å². The molecule has 0 aliphatic rings. The van der Waals surface area contributed by atoms with E-state index in [4.69, 9.17) is 4.74 Å². The lowest BCUT2D eigenvalue weighted by atomic mass is 10.3. The highest BCUT2D eigenvalue weighted by atomic mass is 19.1. The number of fused-ring (bicyclic) bond motifs is 1. The van der Waals surface area contributed by atoms with Gasteiger partial charge in [-0.05, 0) is 25.1 Å². The summed E-state index contributed by atoms with van der Waals surface area (Å²) < 4.78 is 22.9. The van der Waals surface area contributed by atoms with Crippen LogP contribution in [0.1, 0.15) is 6.42 Å². The second-order valence-corrected chi connectivity index (χ2v) is 6.77. The zero-order valence-corrected chi connectivity index (χ0v) is 16.3. The van der Waals surface area contributed by atoms with E-state index in [0.29, 0.717) is 30.7 Å². The summed E-state index contributed by atoms with van der Waals surface area (Å²) in [4.78, 5) is 28.5. The van der Waals surface area contributed by atoms with Crippen molar-refractivity contribution < 1.29 is 14.2 Å². The largest absolute Gasteiger partial charge is 0.488 e. The summed E-state index contributed by atoms with van der Waals surface area (Å²) in [7, 11) is 3.02. The van der Waals surface area contributed by atoms with Crippen LogP contribution < -0.4 is 21.3 Å². The van der Waals surface area contributed by atoms with Gasteiger partial charge in [0.2, 0.25) is 0 Å². The van der Waals surface area contributed by atoms with E-state index in [9.17, 15) is 19.1 Å². The number of aromatic nitrogens is 4. The summed E-state index contributed by atoms with van der Waals surface area (Å²) in [6.45, 7) is 1.38. The van der Waals surface area contributed by atoms with E-state index >= 15 is 0 Å². The molecule has 1 aromatic carbocycles. The molecule has 0 radical (unpaired) electrons. The van der Waals surface area contributed by atoms with Crippen LogP contribution in [0.25, 0.3) is 11.2 Å². The van der Waals surface area contributed by atoms with Crippen molar-refractivity contribution in [3.05, 3.63) is 57.2 Å². The van der Waals surface area contributed by atoms with Crippen LogP contribution >= 0.6 is 0 Å². The molecule has 3 rings (SSSR count). The minimum atomic E-state index is -0.787. The number of rotatable bonds is 9. The van der Waals surface area contributed by atoms with E-state index < -0.39 is 17.6 Å². The summed E-state index contributed by atoms with van der Waals surface area (Å²) in [5, 5.41) is 13.0. The Morgan fingerprint density at radius 3 is 2.76 bits per heavy atom. The summed E-state index contributed by atoms with van der Waals surface area (Å²) in [5.41, 5.74) is -0.0602. The van der Waals surface area contributed by atoms with Crippen molar-refractivity contribution in [3.8, 4) is 5.75 Å². The molecule has 29 heavy (non-hydrogen) atoms. The molecule has 2 heterocycles. The molecule has 0 fully saturated rings. The Hall–Kier alpha value is -2.98. The lowest BCUT2D eigenvalue weighted by molar-refractivity contribution is 0.104. The van der Waals surface area contributed by atoms with Crippen molar-refractivity contribution >= 4 is 11.2 Å². The number of aryl methyl sites for hydroxylation is 2. The van der Waals surface area contributed by atoms with E-state index in [1.807, 2.05) is 0 Å². The average Bonchev–Trinajstić information content (AvgIpc) is 3.14. The SMILES string of the molecule is Cn1c(=O)c2c(ncn2CCCNCC(O)COc2ccccc2F)n(C)c1=O. The highest BCUT2D eigenvalue weighted by molar-refractivity contribution is 5.69. The first-order valence-corrected chi connectivity index (χ1v) is 9.27. The predicted octanol–water partition coefficient (Wildman–Crippen LogP) is -0.00760. The number of halogens is 1. The Labute approximate surface area is 166 Å². The fourth-order valence-electron chi connectivity index (χ4n) is 3.02. The first-order valence-electron chi connectivity index (χ1n) is 9.27. The van der Waals surface area contributed by atoms with Gasteiger partial charge in [-0.3, -0.25) is 13.9 Å². The number of nitrogens with zero attached hydrogens (tertiary/aromatic N) is 4. The van der Waals surface area contributed by atoms with Gasteiger partial charge >= 0.3 is 5.69 Å². The maximum absolute atomic E-state index is 13.5. The van der Waals surface area contributed by atoms with Gasteiger partial charge in [0.15, 0.2) is 22.7 Å². The molecule has 0 saturated heterocycles. The van der Waals surface area contributed by atoms with E-state index in [1.165, 1.54) is 23.7 Å². The Bertz CT molecular complexity index is 1100. The molecule has 1 unspecified atom stereocenters. The Balaban J connectivity index is 1.47. The lowest BCUT2D eigenvalue weighted by Crippen LogP contribution is -2.37. The zero-order valence-electron chi connectivity index (χ0n) is 16.3. The quantitative estimate of drug-likeness (QED) is 0.486. The lowest BCUT2D eigenvalue weighted by Gasteiger charge is -2.13. The van der Waals surface area contributed by atoms with Crippen molar-refractivity contribution in [3.63, 3.8) is 0 Å². The van der Waals surface area contributed by atoms with Crippen LogP contribution in [0.5, 0.6) is 5.75 Å². The number of ether oxygens (including phenoxy) is 1. The van der Waals surface area contributed by atoms with E-state index in [1.54, 1.807) is 30.1 Å². The number of hydrogen-bond acceptors (Lipinski definition) is 6. The van der Waals surface area contributed by atoms with E-state index in [-0.39, 0.29) is 24.5 Å². The molecule has 3 aromatic rings. The Kier molecular flexibility index (Phi) is 6.45. The molecule has 10 heteroatoms. The third-order valence-corrected chi connectivity index (χ3v) is 4.62. The molecule has 0 aliphatic carbocycles. The molecule has 0 saturated carbocycles. The van der Waals surface area contributed by atoms with Crippen LogP contribution in [0.15, 0.2) is 40.2 Å². The first-order chi connectivity index (χ1) is 13.9. The highest BCUT2D eigenvalue weighted by Gasteiger charge is 2.14. The molecule has 0 spiro atoms. The van der Waals surface area contributed by atoms with Crippen LogP contribution in [0, 0.1) is 5.82 Å². The monoisotopic (exact) mass is 405 g/mol. The molecular formula is C19H24FN5O4. The maximum Gasteiger partial charge on any atom is 0.332 e. The molecule has 9 nitrogen and oxygen atoms in total. The number of hydrogen-bond donors (Lipinski definition) is 2. The molecule has 0 bridgehead atoms. The molecule has 156 valence electrons. The number of aliphatic hydroxyl groups is 1. The molecule has 0 aliphatic heterocycles. The summed E-state index contributed by atoms with van der Waals surface area (Å²) in [5.74, 6) is -0.363. The fraction of sp³-hybridized carbons (Fsp3) is 0.421. The van der Waals surface area contributed by atoms with Crippen molar-refractivity contribution in [1.29, 1.82) is 0 Å². The van der Waals surface area contributed by atoms with Gasteiger partial charge in [0.25, 0.3) is 5.56 Å². The predicted molar refractivity (Wildman–Crippen MR) is 106 cm³/mol. The number of aliphatic hydroxyl groups excluding tert-OH is 1. The zero-order chi connectivity index (χ0) is 21.0. The van der Waals surface area contributed by atoms with Gasteiger partial charge in [-0.2, -0.15) is 0 Å².